The van der Waals surface area contributed by atoms with Crippen molar-refractivity contribution in [3.8, 4) is 11.3 Å². The highest BCUT2D eigenvalue weighted by Gasteiger charge is 2.35. The molecule has 0 aliphatic rings. The second kappa shape index (κ2) is 4.83. The Balaban J connectivity index is 2.31. The Morgan fingerprint density at radius 3 is 2.45 bits per heavy atom. The molecule has 0 aliphatic carbocycles. The highest BCUT2D eigenvalue weighted by Crippen LogP contribution is 2.34. The number of alkyl halides is 3. The van der Waals surface area contributed by atoms with Gasteiger partial charge in [0, 0.05) is 5.56 Å². The molecule has 1 aromatic carbocycles. The summed E-state index contributed by atoms with van der Waals surface area (Å²) in [5, 5.41) is 12.9. The van der Waals surface area contributed by atoms with Crippen molar-refractivity contribution in [1.29, 1.82) is 0 Å². The summed E-state index contributed by atoms with van der Waals surface area (Å²) in [6.45, 7) is 0. The molecule has 22 heavy (non-hydrogen) atoms. The molecule has 3 rings (SSSR count). The number of benzene rings is 1. The standard InChI is InChI=1S/C14H8F3N3O2/c15-14(16,17)9-6-10(8-4-2-1-3-5-8)19-20-7-11(13(21)22)18-12(9)20/h1-7H,(H,21,22). The van der Waals surface area contributed by atoms with Gasteiger partial charge in [0.25, 0.3) is 0 Å². The molecule has 0 fully saturated rings. The molecular weight excluding hydrogens is 299 g/mol. The van der Waals surface area contributed by atoms with E-state index in [-0.39, 0.29) is 5.69 Å². The minimum Gasteiger partial charge on any atom is -0.476 e. The molecule has 112 valence electrons. The molecule has 2 aromatic heterocycles. The number of fused-ring (bicyclic) bond motifs is 1. The zero-order valence-corrected chi connectivity index (χ0v) is 10.9. The minimum absolute atomic E-state index is 0.0785. The largest absolute Gasteiger partial charge is 0.476 e. The Hall–Kier alpha value is -2.90. The van der Waals surface area contributed by atoms with Crippen molar-refractivity contribution in [3.63, 3.8) is 0 Å². The molecule has 0 saturated carbocycles. The topological polar surface area (TPSA) is 67.5 Å². The monoisotopic (exact) mass is 307 g/mol. The zero-order chi connectivity index (χ0) is 15.9. The number of aromatic nitrogens is 3. The van der Waals surface area contributed by atoms with Crippen molar-refractivity contribution >= 4 is 11.6 Å². The summed E-state index contributed by atoms with van der Waals surface area (Å²) >= 11 is 0. The van der Waals surface area contributed by atoms with E-state index in [0.717, 1.165) is 16.8 Å². The summed E-state index contributed by atoms with van der Waals surface area (Å²) in [5.41, 5.74) is -1.50. The van der Waals surface area contributed by atoms with Gasteiger partial charge in [-0.15, -0.1) is 0 Å². The van der Waals surface area contributed by atoms with Gasteiger partial charge in [0.15, 0.2) is 11.3 Å². The van der Waals surface area contributed by atoms with Gasteiger partial charge in [-0.1, -0.05) is 30.3 Å². The lowest BCUT2D eigenvalue weighted by Crippen LogP contribution is -2.10. The Morgan fingerprint density at radius 1 is 1.18 bits per heavy atom. The second-order valence-electron chi connectivity index (χ2n) is 4.51. The van der Waals surface area contributed by atoms with E-state index in [0.29, 0.717) is 5.56 Å². The lowest BCUT2D eigenvalue weighted by Gasteiger charge is -2.10. The van der Waals surface area contributed by atoms with Crippen molar-refractivity contribution in [1.82, 2.24) is 14.6 Å². The molecule has 0 bridgehead atoms. The molecular formula is C14H8F3N3O2. The molecule has 0 saturated heterocycles. The van der Waals surface area contributed by atoms with Gasteiger partial charge in [-0.25, -0.2) is 14.3 Å². The van der Waals surface area contributed by atoms with E-state index in [2.05, 4.69) is 10.1 Å². The van der Waals surface area contributed by atoms with Crippen molar-refractivity contribution in [2.45, 2.75) is 6.18 Å². The van der Waals surface area contributed by atoms with E-state index in [1.54, 1.807) is 30.3 Å². The fraction of sp³-hybridized carbons (Fsp3) is 0.0714. The van der Waals surface area contributed by atoms with Gasteiger partial charge in [0.05, 0.1) is 11.9 Å². The van der Waals surface area contributed by atoms with Crippen molar-refractivity contribution < 1.29 is 23.1 Å². The highest BCUT2D eigenvalue weighted by molar-refractivity contribution is 5.86. The van der Waals surface area contributed by atoms with Gasteiger partial charge in [0.2, 0.25) is 0 Å². The summed E-state index contributed by atoms with van der Waals surface area (Å²) < 4.78 is 40.4. The fourth-order valence-corrected chi connectivity index (χ4v) is 2.04. The van der Waals surface area contributed by atoms with Gasteiger partial charge in [0.1, 0.15) is 5.56 Å². The molecule has 1 N–H and O–H groups in total. The van der Waals surface area contributed by atoms with Gasteiger partial charge in [-0.3, -0.25) is 0 Å². The van der Waals surface area contributed by atoms with Crippen LogP contribution in [0.2, 0.25) is 0 Å². The van der Waals surface area contributed by atoms with Gasteiger partial charge in [-0.2, -0.15) is 18.3 Å². The predicted octanol–water partition coefficient (Wildman–Crippen LogP) is 3.11. The van der Waals surface area contributed by atoms with Crippen molar-refractivity contribution in [2.75, 3.05) is 0 Å². The Bertz CT molecular complexity index is 857. The number of carboxylic acids is 1. The number of rotatable bonds is 2. The number of carboxylic acid groups (broad SMARTS) is 1. The van der Waals surface area contributed by atoms with Crippen molar-refractivity contribution in [3.05, 3.63) is 53.9 Å². The second-order valence-corrected chi connectivity index (χ2v) is 4.51. The van der Waals surface area contributed by atoms with Gasteiger partial charge < -0.3 is 5.11 Å². The maximum Gasteiger partial charge on any atom is 0.420 e. The number of imidazole rings is 1. The van der Waals surface area contributed by atoms with Crippen LogP contribution < -0.4 is 0 Å². The first-order valence-corrected chi connectivity index (χ1v) is 6.12. The molecule has 5 nitrogen and oxygen atoms in total. The lowest BCUT2D eigenvalue weighted by atomic mass is 10.1. The Labute approximate surface area is 121 Å². The third-order valence-electron chi connectivity index (χ3n) is 3.02. The quantitative estimate of drug-likeness (QED) is 0.790. The van der Waals surface area contributed by atoms with Crippen LogP contribution in [-0.2, 0) is 6.18 Å². The number of hydrogen-bond donors (Lipinski definition) is 1. The van der Waals surface area contributed by atoms with E-state index in [1.165, 1.54) is 0 Å². The van der Waals surface area contributed by atoms with Crippen LogP contribution in [-0.4, -0.2) is 25.7 Å². The van der Waals surface area contributed by atoms with Crippen molar-refractivity contribution in [2.24, 2.45) is 0 Å². The number of aromatic carboxylic acids is 1. The van der Waals surface area contributed by atoms with E-state index in [9.17, 15) is 18.0 Å². The summed E-state index contributed by atoms with van der Waals surface area (Å²) in [6, 6.07) is 9.17. The molecule has 0 spiro atoms. The number of nitrogens with zero attached hydrogens (tertiary/aromatic N) is 3. The molecule has 0 aliphatic heterocycles. The smallest absolute Gasteiger partial charge is 0.420 e. The van der Waals surface area contributed by atoms with Crippen LogP contribution in [0, 0.1) is 0 Å². The van der Waals surface area contributed by atoms with Crippen LogP contribution >= 0.6 is 0 Å². The van der Waals surface area contributed by atoms with Crippen LogP contribution in [0.5, 0.6) is 0 Å². The summed E-state index contributed by atoms with van der Waals surface area (Å²) in [4.78, 5) is 14.4. The van der Waals surface area contributed by atoms with Crippen LogP contribution in [0.1, 0.15) is 16.1 Å². The molecule has 0 unspecified atom stereocenters. The molecule has 0 amide bonds. The minimum atomic E-state index is -4.67. The zero-order valence-electron chi connectivity index (χ0n) is 10.9. The molecule has 0 atom stereocenters. The Morgan fingerprint density at radius 2 is 1.86 bits per heavy atom. The third-order valence-corrected chi connectivity index (χ3v) is 3.02. The van der Waals surface area contributed by atoms with Gasteiger partial charge in [-0.05, 0) is 6.07 Å². The predicted molar refractivity (Wildman–Crippen MR) is 70.4 cm³/mol. The Kier molecular flexibility index (Phi) is 3.09. The van der Waals surface area contributed by atoms with Crippen LogP contribution in [0.3, 0.4) is 0 Å². The first-order chi connectivity index (χ1) is 10.4. The summed E-state index contributed by atoms with van der Waals surface area (Å²) in [5.74, 6) is -1.42. The normalized spacial score (nSPS) is 11.8. The van der Waals surface area contributed by atoms with E-state index in [4.69, 9.17) is 5.11 Å². The SMILES string of the molecule is O=C(O)c1cn2nc(-c3ccccc3)cc(C(F)(F)F)c2n1. The molecule has 2 heterocycles. The maximum absolute atomic E-state index is 13.2. The molecule has 3 aromatic rings. The maximum atomic E-state index is 13.2. The lowest BCUT2D eigenvalue weighted by molar-refractivity contribution is -0.136. The average Bonchev–Trinajstić information content (AvgIpc) is 2.90. The van der Waals surface area contributed by atoms with Crippen LogP contribution in [0.15, 0.2) is 42.6 Å². The average molecular weight is 307 g/mol. The fourth-order valence-electron chi connectivity index (χ4n) is 2.04. The van der Waals surface area contributed by atoms with E-state index < -0.39 is 29.1 Å². The molecule has 8 heteroatoms. The van der Waals surface area contributed by atoms with E-state index in [1.807, 2.05) is 0 Å². The van der Waals surface area contributed by atoms with Crippen LogP contribution in [0.25, 0.3) is 16.9 Å². The third kappa shape index (κ3) is 2.39. The number of carbonyl (C=O) groups is 1. The number of hydrogen-bond acceptors (Lipinski definition) is 3. The first-order valence-electron chi connectivity index (χ1n) is 6.12. The first kappa shape index (κ1) is 14.1. The summed E-state index contributed by atoms with van der Waals surface area (Å²) in [7, 11) is 0. The summed E-state index contributed by atoms with van der Waals surface area (Å²) in [6.07, 6.45) is -3.71. The van der Waals surface area contributed by atoms with E-state index >= 15 is 0 Å². The van der Waals surface area contributed by atoms with Crippen LogP contribution in [0.4, 0.5) is 13.2 Å². The number of halogens is 3. The molecule has 0 radical (unpaired) electrons. The van der Waals surface area contributed by atoms with Gasteiger partial charge >= 0.3 is 12.1 Å². The highest BCUT2D eigenvalue weighted by atomic mass is 19.4.